The number of hydrogen-bond acceptors (Lipinski definition) is 5. The minimum atomic E-state index is -0.714. The summed E-state index contributed by atoms with van der Waals surface area (Å²) in [5.74, 6) is -0.0473. The summed E-state index contributed by atoms with van der Waals surface area (Å²) in [4.78, 5) is 24.7. The molecule has 2 atom stereocenters. The van der Waals surface area contributed by atoms with Crippen LogP contribution < -0.4 is 40.2 Å². The molecule has 2 heterocycles. The van der Waals surface area contributed by atoms with Crippen molar-refractivity contribution < 1.29 is 54.8 Å². The van der Waals surface area contributed by atoms with Crippen molar-refractivity contribution in [3.8, 4) is 0 Å². The van der Waals surface area contributed by atoms with Gasteiger partial charge in [-0.1, -0.05) is 69.6 Å². The third-order valence-electron chi connectivity index (χ3n) is 8.76. The van der Waals surface area contributed by atoms with E-state index in [4.69, 9.17) is 69.6 Å². The standard InChI is InChI=1S/2C15H14Cl3NO2.Na.H2O/c2*1-6-10(8(16)5-9(17)12(6)18)11-13(20)15(2,7-3-4-7)19-14(11)21;;/h2*5,7,20H,3-4H2,1-2H3,(H,19,21);;1H2/q;;+1;/p-1. The first kappa shape index (κ1) is 37.6. The minimum absolute atomic E-state index is 0. The molecule has 2 unspecified atom stereocenters. The van der Waals surface area contributed by atoms with Crippen molar-refractivity contribution in [3.63, 3.8) is 0 Å². The van der Waals surface area contributed by atoms with Crippen LogP contribution in [0.5, 0.6) is 0 Å². The zero-order valence-corrected chi connectivity index (χ0v) is 31.1. The molecule has 2 saturated carbocycles. The largest absolute Gasteiger partial charge is 1.00 e. The fraction of sp³-hybridized carbons (Fsp3) is 0.400. The Kier molecular flexibility index (Phi) is 11.4. The van der Waals surface area contributed by atoms with E-state index in [-0.39, 0.29) is 81.3 Å². The zero-order chi connectivity index (χ0) is 31.0. The quantitative estimate of drug-likeness (QED) is 0.231. The normalized spacial score (nSPS) is 24.3. The Morgan fingerprint density at radius 3 is 1.23 bits per heavy atom. The second-order valence-electron chi connectivity index (χ2n) is 11.6. The van der Waals surface area contributed by atoms with Crippen molar-refractivity contribution in [2.45, 2.75) is 64.5 Å². The summed E-state index contributed by atoms with van der Waals surface area (Å²) < 4.78 is 0. The molecule has 2 aliphatic heterocycles. The Bertz CT molecular complexity index is 1520. The first-order valence-electron chi connectivity index (χ1n) is 13.4. The number of hydrogen-bond donors (Lipinski definition) is 4. The van der Waals surface area contributed by atoms with Gasteiger partial charge in [-0.05, 0) is 88.5 Å². The van der Waals surface area contributed by atoms with Crippen LogP contribution in [0.4, 0.5) is 0 Å². The van der Waals surface area contributed by atoms with E-state index in [9.17, 15) is 19.8 Å². The number of carbonyl (C=O) groups excluding carboxylic acids is 2. The van der Waals surface area contributed by atoms with Gasteiger partial charge >= 0.3 is 29.6 Å². The Morgan fingerprint density at radius 1 is 0.659 bits per heavy atom. The molecular formula is C30H29Cl6N2NaO5. The summed E-state index contributed by atoms with van der Waals surface area (Å²) in [7, 11) is 0. The summed E-state index contributed by atoms with van der Waals surface area (Å²) >= 11 is 36.8. The van der Waals surface area contributed by atoms with Crippen molar-refractivity contribution in [1.29, 1.82) is 0 Å². The van der Waals surface area contributed by atoms with Crippen LogP contribution >= 0.6 is 69.6 Å². The van der Waals surface area contributed by atoms with Gasteiger partial charge in [-0.15, -0.1) is 0 Å². The van der Waals surface area contributed by atoms with Gasteiger partial charge in [0.15, 0.2) is 0 Å². The van der Waals surface area contributed by atoms with Crippen molar-refractivity contribution in [3.05, 3.63) is 76.0 Å². The van der Waals surface area contributed by atoms with E-state index in [1.807, 2.05) is 13.8 Å². The van der Waals surface area contributed by atoms with Crippen LogP contribution in [-0.4, -0.2) is 38.6 Å². The van der Waals surface area contributed by atoms with Gasteiger partial charge < -0.3 is 26.3 Å². The molecule has 0 aromatic heterocycles. The van der Waals surface area contributed by atoms with Crippen LogP contribution in [-0.2, 0) is 9.59 Å². The van der Waals surface area contributed by atoms with Gasteiger partial charge in [0.2, 0.25) is 0 Å². The molecule has 2 aliphatic carbocycles. The molecular weight excluding hydrogens is 704 g/mol. The Labute approximate surface area is 307 Å². The predicted molar refractivity (Wildman–Crippen MR) is 172 cm³/mol. The third kappa shape index (κ3) is 6.24. The van der Waals surface area contributed by atoms with E-state index in [1.54, 1.807) is 13.8 Å². The molecule has 2 fully saturated rings. The van der Waals surface area contributed by atoms with Crippen molar-refractivity contribution in [1.82, 2.24) is 10.6 Å². The maximum absolute atomic E-state index is 12.4. The summed E-state index contributed by atoms with van der Waals surface area (Å²) in [5, 5.41) is 28.9. The molecule has 4 aliphatic rings. The molecule has 2 amide bonds. The maximum Gasteiger partial charge on any atom is 1.00 e. The van der Waals surface area contributed by atoms with Crippen LogP contribution in [0.3, 0.4) is 0 Å². The topological polar surface area (TPSA) is 129 Å². The summed E-state index contributed by atoms with van der Waals surface area (Å²) in [6.07, 6.45) is 3.95. The van der Waals surface area contributed by atoms with E-state index in [2.05, 4.69) is 10.6 Å². The predicted octanol–water partition coefficient (Wildman–Crippen LogP) is 5.87. The molecule has 14 heteroatoms. The monoisotopic (exact) mass is 730 g/mol. The number of carbonyl (C=O) groups is 2. The summed E-state index contributed by atoms with van der Waals surface area (Å²) in [6, 6.07) is 2.99. The van der Waals surface area contributed by atoms with E-state index < -0.39 is 11.1 Å². The van der Waals surface area contributed by atoms with E-state index >= 15 is 0 Å². The molecule has 0 bridgehead atoms. The van der Waals surface area contributed by atoms with Gasteiger partial charge in [0.25, 0.3) is 11.8 Å². The number of halogens is 6. The number of benzene rings is 2. The van der Waals surface area contributed by atoms with Crippen molar-refractivity contribution in [2.24, 2.45) is 11.8 Å². The number of rotatable bonds is 4. The average molecular weight is 733 g/mol. The Balaban J connectivity index is 0.000000230. The first-order chi connectivity index (χ1) is 19.5. The molecule has 2 aromatic rings. The van der Waals surface area contributed by atoms with Gasteiger partial charge in [0.1, 0.15) is 11.5 Å². The molecule has 2 aromatic carbocycles. The number of amides is 2. The molecule has 5 N–H and O–H groups in total. The van der Waals surface area contributed by atoms with E-state index in [1.165, 1.54) is 12.1 Å². The van der Waals surface area contributed by atoms with Crippen LogP contribution in [0.1, 0.15) is 61.8 Å². The third-order valence-corrected chi connectivity index (χ3v) is 11.1. The molecule has 0 radical (unpaired) electrons. The van der Waals surface area contributed by atoms with Crippen molar-refractivity contribution >= 4 is 92.6 Å². The van der Waals surface area contributed by atoms with Gasteiger partial charge in [-0.3, -0.25) is 9.59 Å². The van der Waals surface area contributed by atoms with E-state index in [0.717, 1.165) is 25.7 Å². The molecule has 7 nitrogen and oxygen atoms in total. The van der Waals surface area contributed by atoms with Crippen LogP contribution in [0.15, 0.2) is 23.7 Å². The van der Waals surface area contributed by atoms with Crippen molar-refractivity contribution in [2.75, 3.05) is 0 Å². The SMILES string of the molecule is Cc1c(Cl)c(Cl)cc(Cl)c1C1=C(O)C(C)(C2CC2)NC1=O.Cc1c(Cl)c(Cl)cc(Cl)c1C1=C(O)C(C)(C2CC2)NC1=O.[Na+].[OH-]. The molecule has 44 heavy (non-hydrogen) atoms. The fourth-order valence-electron chi connectivity index (χ4n) is 5.87. The number of nitrogens with one attached hydrogen (secondary N) is 2. The van der Waals surface area contributed by atoms with Crippen LogP contribution in [0.25, 0.3) is 11.1 Å². The Morgan fingerprint density at radius 2 is 0.955 bits per heavy atom. The molecule has 6 rings (SSSR count). The summed E-state index contributed by atoms with van der Waals surface area (Å²) in [6.45, 7) is 7.14. The average Bonchev–Trinajstić information content (AvgIpc) is 3.82. The Hall–Kier alpha value is -0.840. The van der Waals surface area contributed by atoms with Crippen LogP contribution in [0.2, 0.25) is 30.1 Å². The van der Waals surface area contributed by atoms with Gasteiger partial charge in [0, 0.05) is 11.1 Å². The van der Waals surface area contributed by atoms with Gasteiger partial charge in [-0.2, -0.15) is 0 Å². The maximum atomic E-state index is 12.4. The molecule has 232 valence electrons. The summed E-state index contributed by atoms with van der Waals surface area (Å²) in [5.41, 5.74) is 1.05. The minimum Gasteiger partial charge on any atom is -0.870 e. The molecule has 0 spiro atoms. The zero-order valence-electron chi connectivity index (χ0n) is 24.6. The molecule has 0 saturated heterocycles. The second kappa shape index (κ2) is 13.3. The van der Waals surface area contributed by atoms with Crippen LogP contribution in [0, 0.1) is 25.7 Å². The number of aliphatic hydroxyl groups excluding tert-OH is 2. The second-order valence-corrected chi connectivity index (χ2v) is 14.0. The van der Waals surface area contributed by atoms with Gasteiger partial charge in [0.05, 0.1) is 52.4 Å². The first-order valence-corrected chi connectivity index (χ1v) is 15.6. The van der Waals surface area contributed by atoms with Gasteiger partial charge in [-0.25, -0.2) is 0 Å². The number of aliphatic hydroxyl groups is 2. The smallest absolute Gasteiger partial charge is 0.870 e. The fourth-order valence-corrected chi connectivity index (χ4v) is 7.47. The van der Waals surface area contributed by atoms with E-state index in [0.29, 0.717) is 52.4 Å².